The lowest BCUT2D eigenvalue weighted by molar-refractivity contribution is -0.142. The molecule has 0 saturated heterocycles. The normalized spacial score (nSPS) is 13.9. The van der Waals surface area contributed by atoms with Crippen LogP contribution in [0.4, 0.5) is 0 Å². The van der Waals surface area contributed by atoms with Crippen molar-refractivity contribution < 1.29 is 14.3 Å². The molecule has 1 unspecified atom stereocenters. The van der Waals surface area contributed by atoms with Crippen molar-refractivity contribution in [3.63, 3.8) is 0 Å². The Balaban J connectivity index is 4.44. The molecule has 0 fully saturated rings. The number of carbonyl (C=O) groups is 2. The molecule has 1 atom stereocenters. The summed E-state index contributed by atoms with van der Waals surface area (Å²) in [7, 11) is 1.34. The van der Waals surface area contributed by atoms with Crippen LogP contribution in [0.2, 0.25) is 0 Å². The number of rotatable bonds is 7. The van der Waals surface area contributed by atoms with Gasteiger partial charge in [-0.15, -0.1) is 0 Å². The van der Waals surface area contributed by atoms with Crippen molar-refractivity contribution in [2.45, 2.75) is 45.6 Å². The van der Waals surface area contributed by atoms with E-state index in [-0.39, 0.29) is 18.3 Å². The van der Waals surface area contributed by atoms with Crippen LogP contribution in [-0.2, 0) is 14.3 Å². The number of hydrogen-bond acceptors (Lipinski definition) is 4. The topological polar surface area (TPSA) is 72.6 Å². The van der Waals surface area contributed by atoms with E-state index in [1.807, 2.05) is 13.8 Å². The molecule has 0 saturated carbocycles. The Labute approximate surface area is 103 Å². The minimum atomic E-state index is -0.846. The summed E-state index contributed by atoms with van der Waals surface area (Å²) in [6, 6.07) is 0. The van der Waals surface area contributed by atoms with Crippen molar-refractivity contribution in [2.24, 2.45) is 5.73 Å². The number of ether oxygens (including phenoxy) is 1. The quantitative estimate of drug-likeness (QED) is 0.676. The molecule has 0 aromatic carbocycles. The lowest BCUT2D eigenvalue weighted by atomic mass is 9.95. The van der Waals surface area contributed by atoms with E-state index in [2.05, 4.69) is 4.74 Å². The standard InChI is InChI=1S/C12H24N2O3/c1-5-8-12(3,13)11(16)14(6-2)9-7-10(15)17-4/h5-9,13H2,1-4H3. The zero-order valence-corrected chi connectivity index (χ0v) is 11.3. The molecule has 0 aromatic heterocycles. The number of nitrogens with two attached hydrogens (primary N) is 1. The van der Waals surface area contributed by atoms with Crippen LogP contribution in [0.3, 0.4) is 0 Å². The van der Waals surface area contributed by atoms with Gasteiger partial charge in [0.25, 0.3) is 0 Å². The average molecular weight is 244 g/mol. The van der Waals surface area contributed by atoms with E-state index in [1.54, 1.807) is 11.8 Å². The van der Waals surface area contributed by atoms with E-state index < -0.39 is 5.54 Å². The molecule has 0 aliphatic rings. The Kier molecular flexibility index (Phi) is 6.80. The first-order chi connectivity index (χ1) is 7.88. The molecule has 0 radical (unpaired) electrons. The summed E-state index contributed by atoms with van der Waals surface area (Å²) in [5.41, 5.74) is 5.13. The third-order valence-electron chi connectivity index (χ3n) is 2.74. The molecule has 0 aliphatic heterocycles. The summed E-state index contributed by atoms with van der Waals surface area (Å²) >= 11 is 0. The Hall–Kier alpha value is -1.10. The maximum Gasteiger partial charge on any atom is 0.307 e. The van der Waals surface area contributed by atoms with Crippen LogP contribution >= 0.6 is 0 Å². The van der Waals surface area contributed by atoms with Crippen molar-refractivity contribution in [3.8, 4) is 0 Å². The summed E-state index contributed by atoms with van der Waals surface area (Å²) in [5, 5.41) is 0. The maximum atomic E-state index is 12.1. The summed E-state index contributed by atoms with van der Waals surface area (Å²) in [6.45, 7) is 6.50. The van der Waals surface area contributed by atoms with E-state index >= 15 is 0 Å². The van der Waals surface area contributed by atoms with Crippen molar-refractivity contribution >= 4 is 11.9 Å². The smallest absolute Gasteiger partial charge is 0.307 e. The number of amides is 1. The van der Waals surface area contributed by atoms with Crippen LogP contribution < -0.4 is 5.73 Å². The second kappa shape index (κ2) is 7.27. The number of hydrogen-bond donors (Lipinski definition) is 1. The molecule has 0 spiro atoms. The molecule has 17 heavy (non-hydrogen) atoms. The number of carbonyl (C=O) groups excluding carboxylic acids is 2. The lowest BCUT2D eigenvalue weighted by Crippen LogP contribution is -2.53. The molecule has 0 aromatic rings. The van der Waals surface area contributed by atoms with Gasteiger partial charge in [-0.25, -0.2) is 0 Å². The predicted molar refractivity (Wildman–Crippen MR) is 66.4 cm³/mol. The minimum Gasteiger partial charge on any atom is -0.469 e. The molecule has 0 aliphatic carbocycles. The van der Waals surface area contributed by atoms with Crippen LogP contribution in [0, 0.1) is 0 Å². The Morgan fingerprint density at radius 1 is 1.35 bits per heavy atom. The molecule has 100 valence electrons. The summed E-state index contributed by atoms with van der Waals surface area (Å²) < 4.78 is 4.55. The van der Waals surface area contributed by atoms with Crippen molar-refractivity contribution in [1.82, 2.24) is 4.90 Å². The molecule has 2 N–H and O–H groups in total. The number of esters is 1. The number of nitrogens with zero attached hydrogens (tertiary/aromatic N) is 1. The summed E-state index contributed by atoms with van der Waals surface area (Å²) in [6.07, 6.45) is 1.70. The third kappa shape index (κ3) is 5.17. The van der Waals surface area contributed by atoms with E-state index in [1.165, 1.54) is 7.11 Å². The molecular weight excluding hydrogens is 220 g/mol. The Bertz CT molecular complexity index is 264. The van der Waals surface area contributed by atoms with Crippen LogP contribution in [-0.4, -0.2) is 42.5 Å². The molecule has 0 rings (SSSR count). The molecule has 1 amide bonds. The highest BCUT2D eigenvalue weighted by Crippen LogP contribution is 2.13. The second-order valence-electron chi connectivity index (χ2n) is 4.38. The first-order valence-electron chi connectivity index (χ1n) is 6.04. The Morgan fingerprint density at radius 3 is 2.35 bits per heavy atom. The second-order valence-corrected chi connectivity index (χ2v) is 4.38. The van der Waals surface area contributed by atoms with Gasteiger partial charge >= 0.3 is 5.97 Å². The average Bonchev–Trinajstić information content (AvgIpc) is 2.29. The van der Waals surface area contributed by atoms with Crippen molar-refractivity contribution in [3.05, 3.63) is 0 Å². The minimum absolute atomic E-state index is 0.106. The number of likely N-dealkylation sites (N-methyl/N-ethyl adjacent to an activating group) is 1. The summed E-state index contributed by atoms with van der Waals surface area (Å²) in [4.78, 5) is 24.8. The van der Waals surface area contributed by atoms with Gasteiger partial charge in [0.2, 0.25) is 5.91 Å². The molecule has 5 heteroatoms. The number of methoxy groups -OCH3 is 1. The first kappa shape index (κ1) is 15.9. The fraction of sp³-hybridized carbons (Fsp3) is 0.833. The van der Waals surface area contributed by atoms with Gasteiger partial charge in [-0.1, -0.05) is 13.3 Å². The monoisotopic (exact) mass is 244 g/mol. The third-order valence-corrected chi connectivity index (χ3v) is 2.74. The van der Waals surface area contributed by atoms with Gasteiger partial charge in [0.05, 0.1) is 19.1 Å². The van der Waals surface area contributed by atoms with Gasteiger partial charge < -0.3 is 15.4 Å². The van der Waals surface area contributed by atoms with Crippen LogP contribution in [0.25, 0.3) is 0 Å². The van der Waals surface area contributed by atoms with Crippen LogP contribution in [0.1, 0.15) is 40.0 Å². The predicted octanol–water partition coefficient (Wildman–Crippen LogP) is 0.915. The SMILES string of the molecule is CCCC(C)(N)C(=O)N(CC)CCC(=O)OC. The van der Waals surface area contributed by atoms with Gasteiger partial charge in [-0.2, -0.15) is 0 Å². The van der Waals surface area contributed by atoms with Crippen LogP contribution in [0.5, 0.6) is 0 Å². The Morgan fingerprint density at radius 2 is 1.94 bits per heavy atom. The largest absolute Gasteiger partial charge is 0.469 e. The van der Waals surface area contributed by atoms with Gasteiger partial charge in [0.15, 0.2) is 0 Å². The van der Waals surface area contributed by atoms with Gasteiger partial charge in [-0.05, 0) is 20.3 Å². The fourth-order valence-corrected chi connectivity index (χ4v) is 1.72. The fourth-order valence-electron chi connectivity index (χ4n) is 1.72. The molecule has 0 heterocycles. The lowest BCUT2D eigenvalue weighted by Gasteiger charge is -2.30. The van der Waals surface area contributed by atoms with Gasteiger partial charge in [0.1, 0.15) is 0 Å². The van der Waals surface area contributed by atoms with E-state index in [0.29, 0.717) is 19.5 Å². The highest BCUT2D eigenvalue weighted by atomic mass is 16.5. The highest BCUT2D eigenvalue weighted by molar-refractivity contribution is 5.86. The van der Waals surface area contributed by atoms with Crippen LogP contribution in [0.15, 0.2) is 0 Å². The van der Waals surface area contributed by atoms with Crippen molar-refractivity contribution in [2.75, 3.05) is 20.2 Å². The van der Waals surface area contributed by atoms with E-state index in [4.69, 9.17) is 5.73 Å². The molecular formula is C12H24N2O3. The zero-order valence-electron chi connectivity index (χ0n) is 11.3. The van der Waals surface area contributed by atoms with Crippen molar-refractivity contribution in [1.29, 1.82) is 0 Å². The molecule has 5 nitrogen and oxygen atoms in total. The summed E-state index contributed by atoms with van der Waals surface area (Å²) in [5.74, 6) is -0.420. The maximum absolute atomic E-state index is 12.1. The van der Waals surface area contributed by atoms with Gasteiger partial charge in [0, 0.05) is 13.1 Å². The molecule has 0 bridgehead atoms. The zero-order chi connectivity index (χ0) is 13.5. The highest BCUT2D eigenvalue weighted by Gasteiger charge is 2.31. The van der Waals surface area contributed by atoms with Gasteiger partial charge in [-0.3, -0.25) is 9.59 Å². The van der Waals surface area contributed by atoms with E-state index in [0.717, 1.165) is 6.42 Å². The first-order valence-corrected chi connectivity index (χ1v) is 6.04. The van der Waals surface area contributed by atoms with E-state index in [9.17, 15) is 9.59 Å².